The van der Waals surface area contributed by atoms with Crippen molar-refractivity contribution in [2.75, 3.05) is 0 Å². The van der Waals surface area contributed by atoms with E-state index in [1.807, 2.05) is 13.8 Å². The SMILES string of the molecule is CCC(C)[C@@H](N)c1ccc(Cl)cc1C(F)(F)F. The van der Waals surface area contributed by atoms with Crippen molar-refractivity contribution in [3.05, 3.63) is 34.3 Å². The molecule has 0 saturated heterocycles. The largest absolute Gasteiger partial charge is 0.416 e. The smallest absolute Gasteiger partial charge is 0.324 e. The van der Waals surface area contributed by atoms with Crippen LogP contribution < -0.4 is 5.73 Å². The van der Waals surface area contributed by atoms with E-state index in [0.29, 0.717) is 0 Å². The van der Waals surface area contributed by atoms with Crippen LogP contribution in [0.4, 0.5) is 13.2 Å². The summed E-state index contributed by atoms with van der Waals surface area (Å²) >= 11 is 5.60. The molecule has 2 atom stereocenters. The summed E-state index contributed by atoms with van der Waals surface area (Å²) in [7, 11) is 0. The van der Waals surface area contributed by atoms with Crippen molar-refractivity contribution < 1.29 is 13.2 Å². The minimum absolute atomic E-state index is 0.0164. The summed E-state index contributed by atoms with van der Waals surface area (Å²) in [6.45, 7) is 3.73. The lowest BCUT2D eigenvalue weighted by atomic mass is 9.90. The Balaban J connectivity index is 3.24. The van der Waals surface area contributed by atoms with Crippen LogP contribution in [0.5, 0.6) is 0 Å². The van der Waals surface area contributed by atoms with Gasteiger partial charge in [0.25, 0.3) is 0 Å². The van der Waals surface area contributed by atoms with Crippen LogP contribution in [0.3, 0.4) is 0 Å². The average Bonchev–Trinajstić information content (AvgIpc) is 2.25. The third-order valence-corrected chi connectivity index (χ3v) is 3.17. The highest BCUT2D eigenvalue weighted by atomic mass is 35.5. The number of benzene rings is 1. The van der Waals surface area contributed by atoms with Gasteiger partial charge in [-0.05, 0) is 23.6 Å². The lowest BCUT2D eigenvalue weighted by molar-refractivity contribution is -0.138. The minimum atomic E-state index is -4.43. The molecule has 2 N–H and O–H groups in total. The summed E-state index contributed by atoms with van der Waals surface area (Å²) in [5.41, 5.74) is 5.22. The van der Waals surface area contributed by atoms with Crippen molar-refractivity contribution >= 4 is 11.6 Å². The van der Waals surface area contributed by atoms with Crippen molar-refractivity contribution in [3.63, 3.8) is 0 Å². The molecule has 96 valence electrons. The monoisotopic (exact) mass is 265 g/mol. The number of hydrogen-bond donors (Lipinski definition) is 1. The molecule has 0 bridgehead atoms. The van der Waals surface area contributed by atoms with Crippen molar-refractivity contribution in [1.29, 1.82) is 0 Å². The number of halogens is 4. The summed E-state index contributed by atoms with van der Waals surface area (Å²) in [5, 5.41) is 0.0671. The first kappa shape index (κ1) is 14.3. The first-order valence-electron chi connectivity index (χ1n) is 5.39. The van der Waals surface area contributed by atoms with E-state index in [4.69, 9.17) is 17.3 Å². The van der Waals surface area contributed by atoms with Gasteiger partial charge in [0.05, 0.1) is 5.56 Å². The fraction of sp³-hybridized carbons (Fsp3) is 0.500. The lowest BCUT2D eigenvalue weighted by Crippen LogP contribution is -2.22. The topological polar surface area (TPSA) is 26.0 Å². The van der Waals surface area contributed by atoms with Gasteiger partial charge >= 0.3 is 6.18 Å². The maximum absolute atomic E-state index is 12.8. The molecular formula is C12H15ClF3N. The Hall–Kier alpha value is -0.740. The molecule has 1 aromatic rings. The van der Waals surface area contributed by atoms with E-state index in [2.05, 4.69) is 0 Å². The molecule has 5 heteroatoms. The zero-order valence-electron chi connectivity index (χ0n) is 9.68. The Morgan fingerprint density at radius 1 is 1.35 bits per heavy atom. The Morgan fingerprint density at radius 2 is 1.94 bits per heavy atom. The van der Waals surface area contributed by atoms with Gasteiger partial charge in [0.1, 0.15) is 0 Å². The van der Waals surface area contributed by atoms with Gasteiger partial charge < -0.3 is 5.73 Å². The highest BCUT2D eigenvalue weighted by Gasteiger charge is 2.35. The van der Waals surface area contributed by atoms with Crippen LogP contribution in [-0.4, -0.2) is 0 Å². The number of nitrogens with two attached hydrogens (primary N) is 1. The second-order valence-corrected chi connectivity index (χ2v) is 4.58. The van der Waals surface area contributed by atoms with Gasteiger partial charge in [0.15, 0.2) is 0 Å². The molecule has 0 aliphatic rings. The van der Waals surface area contributed by atoms with Crippen molar-refractivity contribution in [2.45, 2.75) is 32.5 Å². The molecule has 1 aromatic carbocycles. The van der Waals surface area contributed by atoms with Gasteiger partial charge in [-0.3, -0.25) is 0 Å². The maximum atomic E-state index is 12.8. The highest BCUT2D eigenvalue weighted by molar-refractivity contribution is 6.30. The minimum Gasteiger partial charge on any atom is -0.324 e. The second-order valence-electron chi connectivity index (χ2n) is 4.14. The molecule has 1 unspecified atom stereocenters. The predicted molar refractivity (Wildman–Crippen MR) is 62.8 cm³/mol. The summed E-state index contributed by atoms with van der Waals surface area (Å²) in [6.07, 6.45) is -3.70. The molecule has 0 saturated carbocycles. The molecular weight excluding hydrogens is 251 g/mol. The molecule has 0 radical (unpaired) electrons. The van der Waals surface area contributed by atoms with Gasteiger partial charge in [0, 0.05) is 11.1 Å². The average molecular weight is 266 g/mol. The summed E-state index contributed by atoms with van der Waals surface area (Å²) in [6, 6.07) is 3.10. The fourth-order valence-electron chi connectivity index (χ4n) is 1.63. The summed E-state index contributed by atoms with van der Waals surface area (Å²) in [5.74, 6) is -0.0164. The Kier molecular flexibility index (Phi) is 4.44. The van der Waals surface area contributed by atoms with E-state index in [1.54, 1.807) is 0 Å². The van der Waals surface area contributed by atoms with Crippen molar-refractivity contribution in [1.82, 2.24) is 0 Å². The second kappa shape index (κ2) is 5.27. The normalized spacial score (nSPS) is 15.7. The Bertz CT molecular complexity index is 390. The molecule has 0 fully saturated rings. The summed E-state index contributed by atoms with van der Waals surface area (Å²) in [4.78, 5) is 0. The fourth-order valence-corrected chi connectivity index (χ4v) is 1.80. The van der Waals surface area contributed by atoms with Gasteiger partial charge in [0.2, 0.25) is 0 Å². The molecule has 17 heavy (non-hydrogen) atoms. The Morgan fingerprint density at radius 3 is 2.41 bits per heavy atom. The van der Waals surface area contributed by atoms with E-state index in [9.17, 15) is 13.2 Å². The van der Waals surface area contributed by atoms with E-state index < -0.39 is 17.8 Å². The first-order chi connectivity index (χ1) is 7.77. The van der Waals surface area contributed by atoms with E-state index in [-0.39, 0.29) is 16.5 Å². The molecule has 1 rings (SSSR count). The predicted octanol–water partition coefficient (Wildman–Crippen LogP) is 4.40. The number of hydrogen-bond acceptors (Lipinski definition) is 1. The van der Waals surface area contributed by atoms with Crippen LogP contribution in [0.15, 0.2) is 18.2 Å². The van der Waals surface area contributed by atoms with Crippen LogP contribution >= 0.6 is 11.6 Å². The molecule has 0 aliphatic heterocycles. The zero-order valence-corrected chi connectivity index (χ0v) is 10.4. The maximum Gasteiger partial charge on any atom is 0.416 e. The molecule has 0 amide bonds. The molecule has 0 spiro atoms. The molecule has 0 heterocycles. The standard InChI is InChI=1S/C12H15ClF3N/c1-3-7(2)11(17)9-5-4-8(13)6-10(9)12(14,15)16/h4-7,11H,3,17H2,1-2H3/t7?,11-/m1/s1. The van der Waals surface area contributed by atoms with Crippen LogP contribution in [0, 0.1) is 5.92 Å². The molecule has 1 nitrogen and oxygen atoms in total. The third kappa shape index (κ3) is 3.36. The van der Waals surface area contributed by atoms with Crippen LogP contribution in [-0.2, 0) is 6.18 Å². The van der Waals surface area contributed by atoms with Crippen LogP contribution in [0.25, 0.3) is 0 Å². The number of rotatable bonds is 3. The van der Waals surface area contributed by atoms with Gasteiger partial charge in [-0.1, -0.05) is 37.9 Å². The van der Waals surface area contributed by atoms with Crippen molar-refractivity contribution in [3.8, 4) is 0 Å². The van der Waals surface area contributed by atoms with Crippen molar-refractivity contribution in [2.24, 2.45) is 11.7 Å². The van der Waals surface area contributed by atoms with Gasteiger partial charge in [-0.2, -0.15) is 13.2 Å². The van der Waals surface area contributed by atoms with E-state index in [0.717, 1.165) is 12.5 Å². The van der Waals surface area contributed by atoms with Gasteiger partial charge in [-0.15, -0.1) is 0 Å². The first-order valence-corrected chi connectivity index (χ1v) is 5.77. The quantitative estimate of drug-likeness (QED) is 0.861. The Labute approximate surface area is 104 Å². The van der Waals surface area contributed by atoms with Crippen LogP contribution in [0.1, 0.15) is 37.4 Å². The third-order valence-electron chi connectivity index (χ3n) is 2.94. The zero-order chi connectivity index (χ0) is 13.2. The highest BCUT2D eigenvalue weighted by Crippen LogP contribution is 2.37. The molecule has 0 aliphatic carbocycles. The van der Waals surface area contributed by atoms with E-state index in [1.165, 1.54) is 12.1 Å². The molecule has 0 aromatic heterocycles. The van der Waals surface area contributed by atoms with Crippen LogP contribution in [0.2, 0.25) is 5.02 Å². The van der Waals surface area contributed by atoms with Gasteiger partial charge in [-0.25, -0.2) is 0 Å². The lowest BCUT2D eigenvalue weighted by Gasteiger charge is -2.23. The summed E-state index contributed by atoms with van der Waals surface area (Å²) < 4.78 is 38.5. The van der Waals surface area contributed by atoms with E-state index >= 15 is 0 Å². The number of alkyl halides is 3.